The Morgan fingerprint density at radius 3 is 2.62 bits per heavy atom. The second-order valence-corrected chi connectivity index (χ2v) is 16.3. The molecule has 0 unspecified atom stereocenters. The van der Waals surface area contributed by atoms with Crippen molar-refractivity contribution in [1.29, 1.82) is 0 Å². The van der Waals surface area contributed by atoms with Gasteiger partial charge in [0.05, 0.1) is 24.5 Å². The van der Waals surface area contributed by atoms with Crippen LogP contribution in [0.25, 0.3) is 11.2 Å². The van der Waals surface area contributed by atoms with E-state index in [1.807, 2.05) is 19.0 Å². The molecule has 0 saturated carbocycles. The zero-order chi connectivity index (χ0) is 27.1. The van der Waals surface area contributed by atoms with Crippen molar-refractivity contribution in [3.8, 4) is 0 Å². The molecular weight excluding hydrogens is 512 g/mol. The molecule has 0 spiro atoms. The maximum absolute atomic E-state index is 13.3. The quantitative estimate of drug-likeness (QED) is 0.344. The number of hydrogen-bond acceptors (Lipinski definition) is 9. The van der Waals surface area contributed by atoms with Gasteiger partial charge in [0.2, 0.25) is 0 Å². The summed E-state index contributed by atoms with van der Waals surface area (Å²) in [6.45, 7) is 11.3. The number of carbonyl (C=O) groups is 1. The Kier molecular flexibility index (Phi) is 7.64. The molecule has 2 N–H and O–H groups in total. The number of nitrogen functional groups attached to an aromatic ring is 1. The first-order valence-corrected chi connectivity index (χ1v) is 15.4. The number of imidazole rings is 1. The van der Waals surface area contributed by atoms with E-state index in [1.54, 1.807) is 35.2 Å². The molecule has 0 amide bonds. The summed E-state index contributed by atoms with van der Waals surface area (Å²) in [4.78, 5) is 28.1. The first-order valence-electron chi connectivity index (χ1n) is 12.2. The predicted octanol–water partition coefficient (Wildman–Crippen LogP) is 4.14. The molecule has 1 aromatic carbocycles. The number of likely N-dealkylation sites (N-methyl/N-ethyl adjacent to an activating group) is 1. The fourth-order valence-electron chi connectivity index (χ4n) is 4.20. The first kappa shape index (κ1) is 27.5. The zero-order valence-corrected chi connectivity index (χ0v) is 24.1. The number of carbonyl (C=O) groups excluding carboxylic acids is 1. The van der Waals surface area contributed by atoms with Crippen LogP contribution in [0.15, 0.2) is 36.9 Å². The second-order valence-electron chi connectivity index (χ2n) is 11.1. The number of benzene rings is 1. The molecule has 3 aromatic rings. The molecule has 1 fully saturated rings. The predicted molar refractivity (Wildman–Crippen MR) is 145 cm³/mol. The van der Waals surface area contributed by atoms with Gasteiger partial charge in [0.1, 0.15) is 17.9 Å². The third-order valence-corrected chi connectivity index (χ3v) is 12.0. The summed E-state index contributed by atoms with van der Waals surface area (Å²) in [5, 5.41) is 0.484. The molecule has 1 aliphatic heterocycles. The molecule has 1 saturated heterocycles. The van der Waals surface area contributed by atoms with Crippen molar-refractivity contribution in [2.45, 2.75) is 63.4 Å². The third-order valence-electron chi connectivity index (χ3n) is 7.29. The average Bonchev–Trinajstić information content (AvgIpc) is 3.39. The number of anilines is 1. The van der Waals surface area contributed by atoms with Crippen LogP contribution < -0.4 is 5.73 Å². The molecule has 2 aromatic heterocycles. The van der Waals surface area contributed by atoms with Gasteiger partial charge < -0.3 is 24.5 Å². The molecular formula is C25H35ClN6O4Si. The van der Waals surface area contributed by atoms with Crippen LogP contribution >= 0.6 is 11.6 Å². The normalized spacial score (nSPS) is 22.6. The number of halogens is 1. The molecule has 0 bridgehead atoms. The van der Waals surface area contributed by atoms with Crippen LogP contribution in [-0.4, -0.2) is 77.7 Å². The van der Waals surface area contributed by atoms with Crippen LogP contribution in [0.3, 0.4) is 0 Å². The lowest BCUT2D eigenvalue weighted by atomic mass is 10.1. The topological polar surface area (TPSA) is 118 Å². The minimum Gasteiger partial charge on any atom is -0.452 e. The Bertz CT molecular complexity index is 1280. The van der Waals surface area contributed by atoms with Crippen molar-refractivity contribution in [3.05, 3.63) is 47.5 Å². The Morgan fingerprint density at radius 2 is 1.97 bits per heavy atom. The van der Waals surface area contributed by atoms with Gasteiger partial charge in [-0.2, -0.15) is 0 Å². The molecule has 4 rings (SSSR count). The molecule has 10 nitrogen and oxygen atoms in total. The van der Waals surface area contributed by atoms with E-state index >= 15 is 0 Å². The Balaban J connectivity index is 1.72. The molecule has 200 valence electrons. The van der Waals surface area contributed by atoms with Gasteiger partial charge in [-0.1, -0.05) is 38.4 Å². The molecule has 37 heavy (non-hydrogen) atoms. The monoisotopic (exact) mass is 546 g/mol. The Labute approximate surface area is 223 Å². The highest BCUT2D eigenvalue weighted by Crippen LogP contribution is 2.40. The van der Waals surface area contributed by atoms with E-state index in [9.17, 15) is 4.79 Å². The summed E-state index contributed by atoms with van der Waals surface area (Å²) in [6.07, 6.45) is 1.15. The van der Waals surface area contributed by atoms with Gasteiger partial charge in [0.25, 0.3) is 0 Å². The van der Waals surface area contributed by atoms with Gasteiger partial charge in [-0.15, -0.1) is 0 Å². The van der Waals surface area contributed by atoms with E-state index in [4.69, 9.17) is 31.2 Å². The number of ether oxygens (including phenoxy) is 2. The van der Waals surface area contributed by atoms with Crippen LogP contribution in [0.2, 0.25) is 23.2 Å². The Morgan fingerprint density at radius 1 is 1.24 bits per heavy atom. The van der Waals surface area contributed by atoms with Crippen LogP contribution in [0, 0.1) is 0 Å². The van der Waals surface area contributed by atoms with Crippen molar-refractivity contribution in [2.75, 3.05) is 26.4 Å². The number of fused-ring (bicyclic) bond motifs is 1. The summed E-state index contributed by atoms with van der Waals surface area (Å²) >= 11 is 6.13. The van der Waals surface area contributed by atoms with Crippen molar-refractivity contribution >= 4 is 42.9 Å². The minimum atomic E-state index is -2.07. The highest BCUT2D eigenvalue weighted by molar-refractivity contribution is 6.74. The summed E-state index contributed by atoms with van der Waals surface area (Å²) in [5.74, 6) is -0.242. The Hall–Kier alpha value is -2.57. The highest BCUT2D eigenvalue weighted by Gasteiger charge is 2.51. The van der Waals surface area contributed by atoms with E-state index in [1.165, 1.54) is 6.33 Å². The van der Waals surface area contributed by atoms with E-state index in [-0.39, 0.29) is 23.0 Å². The van der Waals surface area contributed by atoms with Gasteiger partial charge in [-0.05, 0) is 50.4 Å². The molecule has 4 atom stereocenters. The van der Waals surface area contributed by atoms with E-state index in [0.29, 0.717) is 28.4 Å². The van der Waals surface area contributed by atoms with Gasteiger partial charge >= 0.3 is 5.97 Å². The van der Waals surface area contributed by atoms with Crippen LogP contribution in [0.4, 0.5) is 5.82 Å². The number of nitrogens with zero attached hydrogens (tertiary/aromatic N) is 5. The van der Waals surface area contributed by atoms with Crippen molar-refractivity contribution in [2.24, 2.45) is 0 Å². The number of nitrogens with two attached hydrogens (primary N) is 1. The third kappa shape index (κ3) is 5.51. The maximum Gasteiger partial charge on any atom is 0.338 e. The van der Waals surface area contributed by atoms with Gasteiger partial charge in [0, 0.05) is 5.02 Å². The number of aromatic nitrogens is 4. The van der Waals surface area contributed by atoms with Crippen LogP contribution in [0.1, 0.15) is 37.4 Å². The SMILES string of the molecule is CN(C)[C@H]1[C@H](OC(=O)c2cccc(Cl)c2)[C@H](n2cnc3c(N)ncnc32)O[C@@H]1CO[Si](C)(C)C(C)(C)C. The summed E-state index contributed by atoms with van der Waals surface area (Å²) in [6, 6.07) is 6.36. The van der Waals surface area contributed by atoms with Crippen LogP contribution in [0.5, 0.6) is 0 Å². The second kappa shape index (κ2) is 10.3. The maximum atomic E-state index is 13.3. The average molecular weight is 547 g/mol. The summed E-state index contributed by atoms with van der Waals surface area (Å²) in [7, 11) is 1.80. The standard InChI is InChI=1S/C25H35ClN6O4Si/c1-25(2,3)37(6,7)34-12-17-19(31(4)5)20(36-24(33)15-9-8-10-16(26)11-15)23(35-17)32-14-30-18-21(27)28-13-29-22(18)32/h8-11,13-14,17,19-20,23H,12H2,1-7H3,(H2,27,28,29)/t17-,19-,20+,23-/m1/s1. The first-order chi connectivity index (χ1) is 17.3. The lowest BCUT2D eigenvalue weighted by molar-refractivity contribution is -0.0550. The fraction of sp³-hybridized carbons (Fsp3) is 0.520. The lowest BCUT2D eigenvalue weighted by Crippen LogP contribution is -2.49. The van der Waals surface area contributed by atoms with E-state index in [2.05, 4.69) is 48.8 Å². The minimum absolute atomic E-state index is 0.0338. The van der Waals surface area contributed by atoms with Gasteiger partial charge in [0.15, 0.2) is 32.1 Å². The number of esters is 1. The van der Waals surface area contributed by atoms with Crippen molar-refractivity contribution in [1.82, 2.24) is 24.4 Å². The van der Waals surface area contributed by atoms with E-state index < -0.39 is 26.6 Å². The van der Waals surface area contributed by atoms with Crippen molar-refractivity contribution < 1.29 is 18.7 Å². The molecule has 12 heteroatoms. The smallest absolute Gasteiger partial charge is 0.338 e. The van der Waals surface area contributed by atoms with E-state index in [0.717, 1.165) is 0 Å². The molecule has 0 radical (unpaired) electrons. The summed E-state index contributed by atoms with van der Waals surface area (Å²) < 4.78 is 21.0. The largest absolute Gasteiger partial charge is 0.452 e. The number of rotatable bonds is 7. The molecule has 0 aliphatic carbocycles. The molecule has 3 heterocycles. The molecule has 1 aliphatic rings. The number of hydrogen-bond donors (Lipinski definition) is 1. The van der Waals surface area contributed by atoms with Crippen LogP contribution in [-0.2, 0) is 13.9 Å². The zero-order valence-electron chi connectivity index (χ0n) is 22.3. The van der Waals surface area contributed by atoms with Gasteiger partial charge in [-0.3, -0.25) is 4.57 Å². The summed E-state index contributed by atoms with van der Waals surface area (Å²) in [5.41, 5.74) is 7.32. The lowest BCUT2D eigenvalue weighted by Gasteiger charge is -2.38. The highest BCUT2D eigenvalue weighted by atomic mass is 35.5. The van der Waals surface area contributed by atoms with Crippen molar-refractivity contribution in [3.63, 3.8) is 0 Å². The fourth-order valence-corrected chi connectivity index (χ4v) is 5.41. The van der Waals surface area contributed by atoms with Gasteiger partial charge in [-0.25, -0.2) is 19.7 Å².